The van der Waals surface area contributed by atoms with Gasteiger partial charge in [-0.1, -0.05) is 30.3 Å². The highest BCUT2D eigenvalue weighted by atomic mass is 35.5. The van der Waals surface area contributed by atoms with Gasteiger partial charge in [-0.25, -0.2) is 4.79 Å². The van der Waals surface area contributed by atoms with E-state index >= 15 is 0 Å². The molecule has 1 aromatic carbocycles. The van der Waals surface area contributed by atoms with Gasteiger partial charge in [-0.15, -0.1) is 12.4 Å². The van der Waals surface area contributed by atoms with Crippen molar-refractivity contribution in [2.45, 2.75) is 31.8 Å². The summed E-state index contributed by atoms with van der Waals surface area (Å²) in [4.78, 5) is 25.4. The molecule has 0 spiro atoms. The lowest BCUT2D eigenvalue weighted by molar-refractivity contribution is -0.142. The summed E-state index contributed by atoms with van der Waals surface area (Å²) < 4.78 is 0. The number of hydrogen-bond acceptors (Lipinski definition) is 3. The first-order chi connectivity index (χ1) is 9.58. The summed E-state index contributed by atoms with van der Waals surface area (Å²) in [6.45, 7) is 3.25. The van der Waals surface area contributed by atoms with Crippen molar-refractivity contribution in [2.24, 2.45) is 0 Å². The highest BCUT2D eigenvalue weighted by molar-refractivity contribution is 5.86. The SMILES string of the molecule is CC1CCCN1CC(=O)N[C@H](C(=O)O)c1ccccc1.Cl. The van der Waals surface area contributed by atoms with Crippen LogP contribution in [0.3, 0.4) is 0 Å². The van der Waals surface area contributed by atoms with E-state index in [1.54, 1.807) is 24.3 Å². The Morgan fingerprint density at radius 2 is 2.05 bits per heavy atom. The number of carbonyl (C=O) groups is 2. The Labute approximate surface area is 130 Å². The number of likely N-dealkylation sites (tertiary alicyclic amines) is 1. The Morgan fingerprint density at radius 1 is 1.38 bits per heavy atom. The number of benzene rings is 1. The van der Waals surface area contributed by atoms with Gasteiger partial charge in [0.05, 0.1) is 6.54 Å². The van der Waals surface area contributed by atoms with E-state index in [1.807, 2.05) is 6.07 Å². The highest BCUT2D eigenvalue weighted by Gasteiger charge is 2.26. The Kier molecular flexibility index (Phi) is 6.65. The third-order valence-corrected chi connectivity index (χ3v) is 3.72. The molecule has 0 aliphatic carbocycles. The third kappa shape index (κ3) is 4.72. The summed E-state index contributed by atoms with van der Waals surface area (Å²) in [6.07, 6.45) is 2.18. The number of rotatable bonds is 5. The lowest BCUT2D eigenvalue weighted by atomic mass is 10.1. The summed E-state index contributed by atoms with van der Waals surface area (Å²) >= 11 is 0. The molecular formula is C15H21ClN2O3. The zero-order chi connectivity index (χ0) is 14.5. The smallest absolute Gasteiger partial charge is 0.330 e. The molecule has 116 valence electrons. The van der Waals surface area contributed by atoms with Gasteiger partial charge in [-0.3, -0.25) is 9.69 Å². The number of carboxylic acid groups (broad SMARTS) is 1. The van der Waals surface area contributed by atoms with E-state index in [-0.39, 0.29) is 24.9 Å². The van der Waals surface area contributed by atoms with Gasteiger partial charge in [0.25, 0.3) is 0 Å². The van der Waals surface area contributed by atoms with Crippen LogP contribution in [0.2, 0.25) is 0 Å². The number of halogens is 1. The molecule has 2 atom stereocenters. The predicted molar refractivity (Wildman–Crippen MR) is 82.5 cm³/mol. The van der Waals surface area contributed by atoms with Gasteiger partial charge < -0.3 is 10.4 Å². The molecule has 2 rings (SSSR count). The summed E-state index contributed by atoms with van der Waals surface area (Å²) in [5.41, 5.74) is 0.586. The van der Waals surface area contributed by atoms with E-state index in [9.17, 15) is 14.7 Å². The average molecular weight is 313 g/mol. The second kappa shape index (κ2) is 8.00. The van der Waals surface area contributed by atoms with Crippen molar-refractivity contribution < 1.29 is 14.7 Å². The van der Waals surface area contributed by atoms with Crippen molar-refractivity contribution in [1.82, 2.24) is 10.2 Å². The van der Waals surface area contributed by atoms with Crippen LogP contribution in [0.4, 0.5) is 0 Å². The largest absolute Gasteiger partial charge is 0.479 e. The van der Waals surface area contributed by atoms with E-state index in [4.69, 9.17) is 0 Å². The fourth-order valence-corrected chi connectivity index (χ4v) is 2.55. The van der Waals surface area contributed by atoms with E-state index < -0.39 is 12.0 Å². The van der Waals surface area contributed by atoms with E-state index in [0.717, 1.165) is 19.4 Å². The minimum Gasteiger partial charge on any atom is -0.479 e. The molecule has 1 amide bonds. The number of aliphatic carboxylic acids is 1. The van der Waals surface area contributed by atoms with Crippen LogP contribution in [0.5, 0.6) is 0 Å². The van der Waals surface area contributed by atoms with Gasteiger partial charge in [0.2, 0.25) is 5.91 Å². The molecule has 5 nitrogen and oxygen atoms in total. The normalized spacial score (nSPS) is 19.6. The van der Waals surface area contributed by atoms with Crippen molar-refractivity contribution in [1.29, 1.82) is 0 Å². The van der Waals surface area contributed by atoms with Gasteiger partial charge in [-0.2, -0.15) is 0 Å². The van der Waals surface area contributed by atoms with Crippen LogP contribution in [0.25, 0.3) is 0 Å². The van der Waals surface area contributed by atoms with Crippen molar-refractivity contribution in [3.05, 3.63) is 35.9 Å². The highest BCUT2D eigenvalue weighted by Crippen LogP contribution is 2.16. The van der Waals surface area contributed by atoms with Gasteiger partial charge in [0.15, 0.2) is 6.04 Å². The fourth-order valence-electron chi connectivity index (χ4n) is 2.55. The molecule has 0 bridgehead atoms. The van der Waals surface area contributed by atoms with Crippen LogP contribution < -0.4 is 5.32 Å². The standard InChI is InChI=1S/C15H20N2O3.ClH/c1-11-6-5-9-17(11)10-13(18)16-14(15(19)20)12-7-3-2-4-8-12;/h2-4,7-8,11,14H,5-6,9-10H2,1H3,(H,16,18)(H,19,20);1H/t11?,14-;/m0./s1. The number of carboxylic acids is 1. The minimum absolute atomic E-state index is 0. The molecule has 1 aromatic rings. The van der Waals surface area contributed by atoms with E-state index in [2.05, 4.69) is 17.1 Å². The van der Waals surface area contributed by atoms with E-state index in [1.165, 1.54) is 0 Å². The number of carbonyl (C=O) groups excluding carboxylic acids is 1. The first-order valence-electron chi connectivity index (χ1n) is 6.89. The second-order valence-corrected chi connectivity index (χ2v) is 5.21. The Hall–Kier alpha value is -1.59. The van der Waals surface area contributed by atoms with Crippen molar-refractivity contribution in [3.8, 4) is 0 Å². The van der Waals surface area contributed by atoms with Crippen LogP contribution >= 0.6 is 12.4 Å². The first kappa shape index (κ1) is 17.5. The van der Waals surface area contributed by atoms with Crippen LogP contribution in [0, 0.1) is 0 Å². The van der Waals surface area contributed by atoms with E-state index in [0.29, 0.717) is 11.6 Å². The average Bonchev–Trinajstić information content (AvgIpc) is 2.82. The van der Waals surface area contributed by atoms with Crippen LogP contribution in [0.15, 0.2) is 30.3 Å². The quantitative estimate of drug-likeness (QED) is 0.870. The molecule has 1 fully saturated rings. The van der Waals surface area contributed by atoms with Gasteiger partial charge in [0, 0.05) is 6.04 Å². The van der Waals surface area contributed by atoms with Crippen molar-refractivity contribution in [3.63, 3.8) is 0 Å². The summed E-state index contributed by atoms with van der Waals surface area (Å²) in [5, 5.41) is 11.9. The number of amides is 1. The Morgan fingerprint density at radius 3 is 2.57 bits per heavy atom. The van der Waals surface area contributed by atoms with Gasteiger partial charge >= 0.3 is 5.97 Å². The molecule has 1 unspecified atom stereocenters. The second-order valence-electron chi connectivity index (χ2n) is 5.21. The molecule has 0 saturated carbocycles. The molecule has 1 heterocycles. The number of nitrogens with one attached hydrogen (secondary N) is 1. The molecule has 0 radical (unpaired) electrons. The molecule has 0 aromatic heterocycles. The fraction of sp³-hybridized carbons (Fsp3) is 0.467. The minimum atomic E-state index is -1.04. The van der Waals surface area contributed by atoms with Gasteiger partial charge in [-0.05, 0) is 31.9 Å². The summed E-state index contributed by atoms with van der Waals surface area (Å²) in [7, 11) is 0. The third-order valence-electron chi connectivity index (χ3n) is 3.72. The summed E-state index contributed by atoms with van der Waals surface area (Å²) in [5.74, 6) is -1.28. The molecule has 1 aliphatic rings. The maximum absolute atomic E-state index is 12.0. The zero-order valence-electron chi connectivity index (χ0n) is 12.0. The maximum atomic E-state index is 12.0. The lowest BCUT2D eigenvalue weighted by Gasteiger charge is -2.22. The number of nitrogens with zero attached hydrogens (tertiary/aromatic N) is 1. The number of hydrogen-bond donors (Lipinski definition) is 2. The Balaban J connectivity index is 0.00000220. The molecular weight excluding hydrogens is 292 g/mol. The topological polar surface area (TPSA) is 69.6 Å². The molecule has 21 heavy (non-hydrogen) atoms. The van der Waals surface area contributed by atoms with Crippen LogP contribution in [-0.2, 0) is 9.59 Å². The predicted octanol–water partition coefficient (Wildman–Crippen LogP) is 1.83. The summed E-state index contributed by atoms with van der Waals surface area (Å²) in [6, 6.07) is 8.16. The first-order valence-corrected chi connectivity index (χ1v) is 6.89. The van der Waals surface area contributed by atoms with Crippen LogP contribution in [0.1, 0.15) is 31.4 Å². The van der Waals surface area contributed by atoms with Crippen LogP contribution in [-0.4, -0.2) is 41.0 Å². The molecule has 6 heteroatoms. The van der Waals surface area contributed by atoms with Gasteiger partial charge in [0.1, 0.15) is 0 Å². The maximum Gasteiger partial charge on any atom is 0.330 e. The zero-order valence-corrected chi connectivity index (χ0v) is 12.8. The molecule has 1 saturated heterocycles. The van der Waals surface area contributed by atoms with Crippen molar-refractivity contribution >= 4 is 24.3 Å². The monoisotopic (exact) mass is 312 g/mol. The molecule has 2 N–H and O–H groups in total. The lowest BCUT2D eigenvalue weighted by Crippen LogP contribution is -2.42. The Bertz CT molecular complexity index is 481. The molecule has 1 aliphatic heterocycles. The van der Waals surface area contributed by atoms with Crippen molar-refractivity contribution in [2.75, 3.05) is 13.1 Å².